The molecule has 2 aliphatic heterocycles. The van der Waals surface area contributed by atoms with Crippen molar-refractivity contribution in [1.82, 2.24) is 20.1 Å². The molecule has 1 aromatic heterocycles. The lowest BCUT2D eigenvalue weighted by Crippen LogP contribution is -2.48. The first-order chi connectivity index (χ1) is 12.2. The molecule has 2 N–H and O–H groups in total. The van der Waals surface area contributed by atoms with Gasteiger partial charge in [-0.1, -0.05) is 18.6 Å². The van der Waals surface area contributed by atoms with Crippen molar-refractivity contribution in [2.45, 2.75) is 51.7 Å². The topological polar surface area (TPSA) is 34.3 Å². The summed E-state index contributed by atoms with van der Waals surface area (Å²) >= 11 is 0. The van der Waals surface area contributed by atoms with Gasteiger partial charge in [0, 0.05) is 61.9 Å². The summed E-state index contributed by atoms with van der Waals surface area (Å²) in [7, 11) is 0. The molecule has 2 aromatic rings. The summed E-state index contributed by atoms with van der Waals surface area (Å²) in [5, 5.41) is 5.05. The molecule has 25 heavy (non-hydrogen) atoms. The van der Waals surface area contributed by atoms with Crippen LogP contribution in [-0.2, 0) is 6.54 Å². The molecule has 4 rings (SSSR count). The third kappa shape index (κ3) is 3.76. The third-order valence-corrected chi connectivity index (χ3v) is 6.04. The Morgan fingerprint density at radius 1 is 1.12 bits per heavy atom. The highest BCUT2D eigenvalue weighted by Gasteiger charge is 2.20. The molecular weight excluding hydrogens is 308 g/mol. The lowest BCUT2D eigenvalue weighted by atomic mass is 9.96. The average Bonchev–Trinajstić information content (AvgIpc) is 3.05. The largest absolute Gasteiger partial charge is 0.361 e. The minimum Gasteiger partial charge on any atom is -0.361 e. The second-order valence-corrected chi connectivity index (χ2v) is 8.03. The number of fused-ring (bicyclic) bond motifs is 1. The molecule has 2 fully saturated rings. The fourth-order valence-electron chi connectivity index (χ4n) is 4.37. The van der Waals surface area contributed by atoms with Gasteiger partial charge in [-0.15, -0.1) is 0 Å². The van der Waals surface area contributed by atoms with Gasteiger partial charge in [-0.05, 0) is 50.4 Å². The quantitative estimate of drug-likeness (QED) is 0.894. The maximum absolute atomic E-state index is 3.66. The van der Waals surface area contributed by atoms with E-state index in [1.807, 2.05) is 0 Å². The minimum atomic E-state index is 0.536. The van der Waals surface area contributed by atoms with E-state index in [4.69, 9.17) is 0 Å². The zero-order chi connectivity index (χ0) is 17.2. The van der Waals surface area contributed by atoms with Gasteiger partial charge in [0.2, 0.25) is 0 Å². The van der Waals surface area contributed by atoms with E-state index in [0.29, 0.717) is 12.1 Å². The van der Waals surface area contributed by atoms with E-state index in [9.17, 15) is 0 Å². The van der Waals surface area contributed by atoms with Crippen molar-refractivity contribution < 1.29 is 0 Å². The molecule has 0 spiro atoms. The van der Waals surface area contributed by atoms with Gasteiger partial charge >= 0.3 is 0 Å². The molecule has 0 aliphatic carbocycles. The monoisotopic (exact) mass is 340 g/mol. The fourth-order valence-corrected chi connectivity index (χ4v) is 4.37. The van der Waals surface area contributed by atoms with Crippen LogP contribution in [0.4, 0.5) is 0 Å². The van der Waals surface area contributed by atoms with Crippen LogP contribution in [-0.4, -0.2) is 53.5 Å². The van der Waals surface area contributed by atoms with E-state index >= 15 is 0 Å². The highest BCUT2D eigenvalue weighted by atomic mass is 15.3. The van der Waals surface area contributed by atoms with Crippen LogP contribution in [0.2, 0.25) is 0 Å². The number of nitrogens with zero attached hydrogens (tertiary/aromatic N) is 2. The van der Waals surface area contributed by atoms with Crippen molar-refractivity contribution in [3.8, 4) is 0 Å². The normalized spacial score (nSPS) is 23.6. The maximum Gasteiger partial charge on any atom is 0.0460 e. The Kier molecular flexibility index (Phi) is 5.11. The molecule has 2 aliphatic rings. The van der Waals surface area contributed by atoms with E-state index in [1.165, 1.54) is 67.5 Å². The van der Waals surface area contributed by atoms with Crippen LogP contribution in [0.15, 0.2) is 24.4 Å². The number of rotatable bonds is 4. The number of nitrogens with one attached hydrogen (secondary N) is 2. The smallest absolute Gasteiger partial charge is 0.0460 e. The summed E-state index contributed by atoms with van der Waals surface area (Å²) in [4.78, 5) is 8.69. The lowest BCUT2D eigenvalue weighted by Gasteiger charge is -2.36. The van der Waals surface area contributed by atoms with Gasteiger partial charge in [-0.2, -0.15) is 0 Å². The van der Waals surface area contributed by atoms with E-state index in [2.05, 4.69) is 58.3 Å². The summed E-state index contributed by atoms with van der Waals surface area (Å²) in [5.74, 6) is 0. The molecule has 4 nitrogen and oxygen atoms in total. The summed E-state index contributed by atoms with van der Waals surface area (Å²) in [6.45, 7) is 11.6. The number of hydrogen-bond acceptors (Lipinski definition) is 3. The van der Waals surface area contributed by atoms with Gasteiger partial charge in [-0.3, -0.25) is 9.80 Å². The lowest BCUT2D eigenvalue weighted by molar-refractivity contribution is 0.104. The Morgan fingerprint density at radius 2 is 1.96 bits per heavy atom. The first-order valence-electron chi connectivity index (χ1n) is 10.0. The molecular formula is C21H32N4. The molecule has 0 amide bonds. The van der Waals surface area contributed by atoms with Gasteiger partial charge < -0.3 is 10.3 Å². The van der Waals surface area contributed by atoms with E-state index in [-0.39, 0.29) is 0 Å². The summed E-state index contributed by atoms with van der Waals surface area (Å²) < 4.78 is 0. The zero-order valence-electron chi connectivity index (χ0n) is 15.7. The zero-order valence-corrected chi connectivity index (χ0v) is 15.7. The van der Waals surface area contributed by atoms with Crippen molar-refractivity contribution in [2.24, 2.45) is 0 Å². The Balaban J connectivity index is 1.44. The maximum atomic E-state index is 3.66. The van der Waals surface area contributed by atoms with Crippen LogP contribution in [0.5, 0.6) is 0 Å². The molecule has 0 bridgehead atoms. The van der Waals surface area contributed by atoms with Gasteiger partial charge in [0.05, 0.1) is 0 Å². The second kappa shape index (κ2) is 7.48. The number of H-pyrrole nitrogens is 1. The second-order valence-electron chi connectivity index (χ2n) is 8.03. The molecule has 3 heterocycles. The van der Waals surface area contributed by atoms with Gasteiger partial charge in [0.1, 0.15) is 0 Å². The van der Waals surface area contributed by atoms with Crippen LogP contribution in [0, 0.1) is 0 Å². The number of aromatic nitrogens is 1. The Hall–Kier alpha value is -1.36. The first-order valence-corrected chi connectivity index (χ1v) is 10.0. The molecule has 0 saturated carbocycles. The summed E-state index contributed by atoms with van der Waals surface area (Å²) in [5.41, 5.74) is 4.17. The minimum absolute atomic E-state index is 0.536. The molecule has 2 saturated heterocycles. The van der Waals surface area contributed by atoms with Crippen molar-refractivity contribution in [3.63, 3.8) is 0 Å². The van der Waals surface area contributed by atoms with E-state index < -0.39 is 0 Å². The fraction of sp³-hybridized carbons (Fsp3) is 0.619. The van der Waals surface area contributed by atoms with Crippen LogP contribution in [0.1, 0.15) is 50.3 Å². The number of piperazine rings is 1. The Labute approximate surface area is 151 Å². The highest BCUT2D eigenvalue weighted by Crippen LogP contribution is 2.28. The number of aromatic amines is 1. The van der Waals surface area contributed by atoms with Crippen molar-refractivity contribution in [2.75, 3.05) is 32.7 Å². The van der Waals surface area contributed by atoms with Crippen molar-refractivity contribution in [1.29, 1.82) is 0 Å². The van der Waals surface area contributed by atoms with Crippen molar-refractivity contribution >= 4 is 10.9 Å². The van der Waals surface area contributed by atoms with Gasteiger partial charge in [0.25, 0.3) is 0 Å². The molecule has 136 valence electrons. The molecule has 4 heteroatoms. The third-order valence-electron chi connectivity index (χ3n) is 6.04. The average molecular weight is 341 g/mol. The summed E-state index contributed by atoms with van der Waals surface area (Å²) in [6.07, 6.45) is 6.14. The molecule has 1 atom stereocenters. The Bertz CT molecular complexity index is 691. The van der Waals surface area contributed by atoms with Gasteiger partial charge in [-0.25, -0.2) is 0 Å². The van der Waals surface area contributed by atoms with Crippen LogP contribution < -0.4 is 5.32 Å². The highest BCUT2D eigenvalue weighted by molar-refractivity contribution is 5.83. The van der Waals surface area contributed by atoms with E-state index in [0.717, 1.165) is 13.1 Å². The predicted octanol–water partition coefficient (Wildman–Crippen LogP) is 3.51. The number of benzene rings is 1. The molecule has 1 aromatic carbocycles. The van der Waals surface area contributed by atoms with E-state index in [1.54, 1.807) is 0 Å². The molecule has 1 unspecified atom stereocenters. The summed E-state index contributed by atoms with van der Waals surface area (Å²) in [6, 6.07) is 8.23. The van der Waals surface area contributed by atoms with Crippen LogP contribution in [0.25, 0.3) is 10.9 Å². The van der Waals surface area contributed by atoms with Crippen LogP contribution in [0.3, 0.4) is 0 Å². The predicted molar refractivity (Wildman–Crippen MR) is 105 cm³/mol. The van der Waals surface area contributed by atoms with Gasteiger partial charge in [0.15, 0.2) is 0 Å². The molecule has 0 radical (unpaired) electrons. The van der Waals surface area contributed by atoms with Crippen LogP contribution >= 0.6 is 0 Å². The standard InChI is InChI=1S/C21H32N4/c1-16(2)25-11-9-24(10-12-25)15-18-14-23-21-13-17(6-7-19(18)21)20-5-3-4-8-22-20/h6-7,13-14,16,20,22-23H,3-5,8-12,15H2,1-2H3. The number of hydrogen-bond donors (Lipinski definition) is 2. The number of piperidine rings is 1. The SMILES string of the molecule is CC(C)N1CCN(Cc2c[nH]c3cc(C4CCCCN4)ccc23)CC1. The Morgan fingerprint density at radius 3 is 2.68 bits per heavy atom. The van der Waals surface area contributed by atoms with Crippen molar-refractivity contribution in [3.05, 3.63) is 35.5 Å². The first kappa shape index (κ1) is 17.1.